The molecular formula is C15H17ClN2O. The van der Waals surface area contributed by atoms with Crippen molar-refractivity contribution in [2.45, 2.75) is 26.2 Å². The molecule has 1 fully saturated rings. The van der Waals surface area contributed by atoms with Crippen molar-refractivity contribution >= 4 is 28.4 Å². The number of rotatable bonds is 1. The summed E-state index contributed by atoms with van der Waals surface area (Å²) in [5, 5.41) is 1.60. The van der Waals surface area contributed by atoms with Gasteiger partial charge < -0.3 is 9.88 Å². The van der Waals surface area contributed by atoms with Gasteiger partial charge in [-0.2, -0.15) is 0 Å². The van der Waals surface area contributed by atoms with E-state index in [-0.39, 0.29) is 5.91 Å². The van der Waals surface area contributed by atoms with E-state index in [0.717, 1.165) is 48.1 Å². The molecule has 100 valence electrons. The average molecular weight is 277 g/mol. The van der Waals surface area contributed by atoms with Crippen LogP contribution in [-0.2, 0) is 0 Å². The van der Waals surface area contributed by atoms with Crippen LogP contribution in [0.2, 0.25) is 5.02 Å². The Kier molecular flexibility index (Phi) is 3.23. The number of aryl methyl sites for hydroxylation is 1. The number of fused-ring (bicyclic) bond motifs is 1. The Morgan fingerprint density at radius 3 is 2.74 bits per heavy atom. The summed E-state index contributed by atoms with van der Waals surface area (Å²) in [6.07, 6.45) is 3.43. The van der Waals surface area contributed by atoms with Crippen LogP contribution < -0.4 is 0 Å². The molecule has 0 atom stereocenters. The zero-order chi connectivity index (χ0) is 13.4. The van der Waals surface area contributed by atoms with Crippen molar-refractivity contribution in [3.63, 3.8) is 0 Å². The van der Waals surface area contributed by atoms with E-state index in [4.69, 9.17) is 11.6 Å². The molecule has 1 aromatic heterocycles. The molecule has 1 aliphatic rings. The van der Waals surface area contributed by atoms with Gasteiger partial charge in [-0.05, 0) is 32.3 Å². The van der Waals surface area contributed by atoms with Gasteiger partial charge in [0.05, 0.1) is 16.1 Å². The molecule has 4 heteroatoms. The number of nitrogens with zero attached hydrogens (tertiary/aromatic N) is 1. The molecule has 0 radical (unpaired) electrons. The summed E-state index contributed by atoms with van der Waals surface area (Å²) in [5.41, 5.74) is 2.54. The van der Waals surface area contributed by atoms with Gasteiger partial charge in [-0.25, -0.2) is 0 Å². The Hall–Kier alpha value is -1.48. The van der Waals surface area contributed by atoms with Gasteiger partial charge in [0, 0.05) is 24.2 Å². The van der Waals surface area contributed by atoms with Crippen LogP contribution in [0, 0.1) is 6.92 Å². The zero-order valence-electron chi connectivity index (χ0n) is 11.0. The Balaban J connectivity index is 2.06. The number of halogens is 1. The van der Waals surface area contributed by atoms with Gasteiger partial charge in [0.1, 0.15) is 0 Å². The maximum absolute atomic E-state index is 12.7. The number of carbonyl (C=O) groups excluding carboxylic acids is 1. The fourth-order valence-corrected chi connectivity index (χ4v) is 3.06. The third-order valence-corrected chi connectivity index (χ3v) is 4.14. The lowest BCUT2D eigenvalue weighted by molar-refractivity contribution is 0.0725. The van der Waals surface area contributed by atoms with Crippen molar-refractivity contribution in [1.29, 1.82) is 0 Å². The number of likely N-dealkylation sites (tertiary alicyclic amines) is 1. The van der Waals surface area contributed by atoms with Crippen molar-refractivity contribution in [2.75, 3.05) is 13.1 Å². The molecule has 1 amide bonds. The zero-order valence-corrected chi connectivity index (χ0v) is 11.8. The summed E-state index contributed by atoms with van der Waals surface area (Å²) in [5.74, 6) is 0.130. The summed E-state index contributed by atoms with van der Waals surface area (Å²) in [6, 6.07) is 5.70. The number of aromatic nitrogens is 1. The molecule has 0 bridgehead atoms. The van der Waals surface area contributed by atoms with E-state index in [1.165, 1.54) is 6.42 Å². The predicted molar refractivity (Wildman–Crippen MR) is 77.8 cm³/mol. The van der Waals surface area contributed by atoms with Crippen molar-refractivity contribution in [1.82, 2.24) is 9.88 Å². The second-order valence-corrected chi connectivity index (χ2v) is 5.55. The van der Waals surface area contributed by atoms with Crippen LogP contribution in [-0.4, -0.2) is 28.9 Å². The fraction of sp³-hybridized carbons (Fsp3) is 0.400. The van der Waals surface area contributed by atoms with E-state index in [0.29, 0.717) is 5.02 Å². The minimum Gasteiger partial charge on any atom is -0.357 e. The molecule has 19 heavy (non-hydrogen) atoms. The summed E-state index contributed by atoms with van der Waals surface area (Å²) >= 11 is 6.18. The summed E-state index contributed by atoms with van der Waals surface area (Å²) in [7, 11) is 0. The molecule has 3 nitrogen and oxygen atoms in total. The van der Waals surface area contributed by atoms with Crippen molar-refractivity contribution in [3.8, 4) is 0 Å². The van der Waals surface area contributed by atoms with Crippen LogP contribution in [0.5, 0.6) is 0 Å². The first-order chi connectivity index (χ1) is 9.18. The third-order valence-electron chi connectivity index (χ3n) is 3.83. The second kappa shape index (κ2) is 4.89. The second-order valence-electron chi connectivity index (χ2n) is 5.14. The minimum atomic E-state index is 0.130. The maximum atomic E-state index is 12.7. The Morgan fingerprint density at radius 1 is 1.26 bits per heavy atom. The quantitative estimate of drug-likeness (QED) is 0.846. The number of para-hydroxylation sites is 1. The van der Waals surface area contributed by atoms with E-state index >= 15 is 0 Å². The van der Waals surface area contributed by atoms with E-state index in [2.05, 4.69) is 4.98 Å². The molecule has 1 aliphatic heterocycles. The van der Waals surface area contributed by atoms with E-state index in [9.17, 15) is 4.79 Å². The number of hydrogen-bond donors (Lipinski definition) is 1. The summed E-state index contributed by atoms with van der Waals surface area (Å²) in [4.78, 5) is 17.9. The Labute approximate surface area is 117 Å². The number of H-pyrrole nitrogens is 1. The Bertz CT molecular complexity index is 626. The van der Waals surface area contributed by atoms with Crippen LogP contribution in [0.1, 0.15) is 35.3 Å². The lowest BCUT2D eigenvalue weighted by Crippen LogP contribution is -2.35. The van der Waals surface area contributed by atoms with E-state index < -0.39 is 0 Å². The smallest absolute Gasteiger partial charge is 0.256 e. The Morgan fingerprint density at radius 2 is 2.00 bits per heavy atom. The highest BCUT2D eigenvalue weighted by atomic mass is 35.5. The lowest BCUT2D eigenvalue weighted by atomic mass is 10.1. The van der Waals surface area contributed by atoms with Gasteiger partial charge in [-0.15, -0.1) is 0 Å². The number of piperidine rings is 1. The SMILES string of the molecule is Cc1[nH]c2c(Cl)cccc2c1C(=O)N1CCCCC1. The lowest BCUT2D eigenvalue weighted by Gasteiger charge is -2.26. The normalized spacial score (nSPS) is 16.0. The fourth-order valence-electron chi connectivity index (χ4n) is 2.84. The first-order valence-electron chi connectivity index (χ1n) is 6.74. The minimum absolute atomic E-state index is 0.130. The van der Waals surface area contributed by atoms with E-state index in [1.54, 1.807) is 0 Å². The number of carbonyl (C=O) groups is 1. The largest absolute Gasteiger partial charge is 0.357 e. The molecule has 1 N–H and O–H groups in total. The van der Waals surface area contributed by atoms with Crippen molar-refractivity contribution < 1.29 is 4.79 Å². The van der Waals surface area contributed by atoms with Crippen LogP contribution in [0.4, 0.5) is 0 Å². The number of benzene rings is 1. The first kappa shape index (κ1) is 12.5. The molecule has 0 unspecified atom stereocenters. The monoisotopic (exact) mass is 276 g/mol. The summed E-state index contributed by atoms with van der Waals surface area (Å²) in [6.45, 7) is 3.67. The highest BCUT2D eigenvalue weighted by molar-refractivity contribution is 6.35. The van der Waals surface area contributed by atoms with Crippen molar-refractivity contribution in [2.24, 2.45) is 0 Å². The molecular weight excluding hydrogens is 260 g/mol. The maximum Gasteiger partial charge on any atom is 0.256 e. The molecule has 2 heterocycles. The number of nitrogens with one attached hydrogen (secondary N) is 1. The highest BCUT2D eigenvalue weighted by Gasteiger charge is 2.23. The van der Waals surface area contributed by atoms with Crippen LogP contribution >= 0.6 is 11.6 Å². The molecule has 0 spiro atoms. The summed E-state index contributed by atoms with van der Waals surface area (Å²) < 4.78 is 0. The van der Waals surface area contributed by atoms with Crippen LogP contribution in [0.25, 0.3) is 10.9 Å². The number of hydrogen-bond acceptors (Lipinski definition) is 1. The van der Waals surface area contributed by atoms with Crippen molar-refractivity contribution in [3.05, 3.63) is 34.5 Å². The molecule has 2 aromatic rings. The van der Waals surface area contributed by atoms with Gasteiger partial charge in [0.25, 0.3) is 5.91 Å². The van der Waals surface area contributed by atoms with Gasteiger partial charge >= 0.3 is 0 Å². The molecule has 0 aliphatic carbocycles. The highest BCUT2D eigenvalue weighted by Crippen LogP contribution is 2.29. The number of amides is 1. The number of aromatic amines is 1. The average Bonchev–Trinajstić information content (AvgIpc) is 2.77. The third kappa shape index (κ3) is 2.12. The van der Waals surface area contributed by atoms with E-state index in [1.807, 2.05) is 30.0 Å². The molecule has 1 saturated heterocycles. The molecule has 3 rings (SSSR count). The van der Waals surface area contributed by atoms with Crippen LogP contribution in [0.3, 0.4) is 0 Å². The van der Waals surface area contributed by atoms with Gasteiger partial charge in [-0.3, -0.25) is 4.79 Å². The van der Waals surface area contributed by atoms with Gasteiger partial charge in [0.15, 0.2) is 0 Å². The van der Waals surface area contributed by atoms with Gasteiger partial charge in [0.2, 0.25) is 0 Å². The topological polar surface area (TPSA) is 36.1 Å². The standard InChI is InChI=1S/C15H17ClN2O/c1-10-13(15(19)18-8-3-2-4-9-18)11-6-5-7-12(16)14(11)17-10/h5-7,17H,2-4,8-9H2,1H3. The first-order valence-corrected chi connectivity index (χ1v) is 7.12. The molecule has 0 saturated carbocycles. The van der Waals surface area contributed by atoms with Crippen LogP contribution in [0.15, 0.2) is 18.2 Å². The van der Waals surface area contributed by atoms with Gasteiger partial charge in [-0.1, -0.05) is 23.7 Å². The predicted octanol–water partition coefficient (Wildman–Crippen LogP) is 3.76. The molecule has 1 aromatic carbocycles.